The standard InChI is InChI=1S/C24H17FN4O2/c1-14-21(15(2)28(27-14)18-11-9-17(25)10-12-18)13-26-29-23(30)19-7-3-5-16-6-4-8-20(22(16)19)24(29)31/h3-13H,1-2H3/b26-13-. The molecule has 2 amide bonds. The number of amides is 2. The van der Waals surface area contributed by atoms with E-state index < -0.39 is 11.8 Å². The van der Waals surface area contributed by atoms with Crippen molar-refractivity contribution in [1.82, 2.24) is 14.8 Å². The molecule has 0 unspecified atom stereocenters. The number of carbonyl (C=O) groups is 2. The van der Waals surface area contributed by atoms with Gasteiger partial charge in [-0.25, -0.2) is 9.07 Å². The van der Waals surface area contributed by atoms with Gasteiger partial charge >= 0.3 is 0 Å². The smallest absolute Gasteiger partial charge is 0.267 e. The van der Waals surface area contributed by atoms with Crippen molar-refractivity contribution >= 4 is 28.8 Å². The van der Waals surface area contributed by atoms with Crippen molar-refractivity contribution in [3.05, 3.63) is 94.6 Å². The molecule has 31 heavy (non-hydrogen) atoms. The third kappa shape index (κ3) is 2.93. The van der Waals surface area contributed by atoms with Gasteiger partial charge in [-0.2, -0.15) is 15.2 Å². The lowest BCUT2D eigenvalue weighted by Gasteiger charge is -2.23. The number of rotatable bonds is 3. The first-order chi connectivity index (χ1) is 15.0. The number of aromatic nitrogens is 2. The second-order valence-electron chi connectivity index (χ2n) is 7.35. The third-order valence-corrected chi connectivity index (χ3v) is 5.47. The van der Waals surface area contributed by atoms with Crippen LogP contribution in [0, 0.1) is 19.7 Å². The molecule has 3 aromatic carbocycles. The molecule has 2 heterocycles. The molecule has 1 aromatic heterocycles. The predicted molar refractivity (Wildman–Crippen MR) is 115 cm³/mol. The van der Waals surface area contributed by atoms with Crippen LogP contribution in [0.15, 0.2) is 65.8 Å². The van der Waals surface area contributed by atoms with E-state index in [9.17, 15) is 14.0 Å². The van der Waals surface area contributed by atoms with Crippen LogP contribution in [0.2, 0.25) is 0 Å². The molecule has 0 fully saturated rings. The molecule has 152 valence electrons. The predicted octanol–water partition coefficient (Wildman–Crippen LogP) is 4.41. The Hall–Kier alpha value is -4.13. The van der Waals surface area contributed by atoms with E-state index in [-0.39, 0.29) is 5.82 Å². The molecular formula is C24H17FN4O2. The van der Waals surface area contributed by atoms with Crippen molar-refractivity contribution < 1.29 is 14.0 Å². The van der Waals surface area contributed by atoms with Gasteiger partial charge in [-0.1, -0.05) is 24.3 Å². The van der Waals surface area contributed by atoms with Gasteiger partial charge in [-0.15, -0.1) is 0 Å². The molecular weight excluding hydrogens is 395 g/mol. The molecule has 4 aromatic rings. The van der Waals surface area contributed by atoms with Crippen LogP contribution < -0.4 is 0 Å². The zero-order valence-electron chi connectivity index (χ0n) is 16.8. The Morgan fingerprint density at radius 3 is 2.13 bits per heavy atom. The molecule has 0 N–H and O–H groups in total. The van der Waals surface area contributed by atoms with Gasteiger partial charge in [0.05, 0.1) is 34.4 Å². The minimum atomic E-state index is -0.466. The summed E-state index contributed by atoms with van der Waals surface area (Å²) in [7, 11) is 0. The van der Waals surface area contributed by atoms with E-state index in [2.05, 4.69) is 10.2 Å². The largest absolute Gasteiger partial charge is 0.282 e. The average Bonchev–Trinajstić information content (AvgIpc) is 3.06. The lowest BCUT2D eigenvalue weighted by molar-refractivity contribution is 0.0616. The second kappa shape index (κ2) is 6.98. The Morgan fingerprint density at radius 2 is 1.52 bits per heavy atom. The first kappa shape index (κ1) is 18.9. The normalized spacial score (nSPS) is 13.6. The summed E-state index contributed by atoms with van der Waals surface area (Å²) in [6.45, 7) is 3.66. The zero-order valence-corrected chi connectivity index (χ0v) is 16.8. The van der Waals surface area contributed by atoms with Crippen LogP contribution in [0.5, 0.6) is 0 Å². The van der Waals surface area contributed by atoms with Crippen LogP contribution in [0.3, 0.4) is 0 Å². The van der Waals surface area contributed by atoms with Gasteiger partial charge < -0.3 is 0 Å². The van der Waals surface area contributed by atoms with Crippen molar-refractivity contribution in [3.8, 4) is 5.69 Å². The summed E-state index contributed by atoms with van der Waals surface area (Å²) in [5.41, 5.74) is 3.70. The molecule has 1 aliphatic rings. The Morgan fingerprint density at radius 1 is 0.903 bits per heavy atom. The number of halogens is 1. The zero-order chi connectivity index (χ0) is 21.7. The maximum atomic E-state index is 13.3. The lowest BCUT2D eigenvalue weighted by Crippen LogP contribution is -2.36. The van der Waals surface area contributed by atoms with Gasteiger partial charge in [-0.3, -0.25) is 9.59 Å². The molecule has 0 bridgehead atoms. The maximum Gasteiger partial charge on any atom is 0.282 e. The van der Waals surface area contributed by atoms with Crippen LogP contribution >= 0.6 is 0 Å². The van der Waals surface area contributed by atoms with Gasteiger partial charge in [0.2, 0.25) is 0 Å². The highest BCUT2D eigenvalue weighted by molar-refractivity contribution is 6.25. The van der Waals surface area contributed by atoms with Crippen LogP contribution in [-0.2, 0) is 0 Å². The SMILES string of the molecule is Cc1nn(-c2ccc(F)cc2)c(C)c1/C=N\N1C(=O)c2cccc3cccc(c23)C1=O. The lowest BCUT2D eigenvalue weighted by atomic mass is 9.95. The van der Waals surface area contributed by atoms with Gasteiger partial charge in [0.1, 0.15) is 5.82 Å². The molecule has 0 atom stereocenters. The fourth-order valence-corrected chi connectivity index (χ4v) is 3.91. The Labute approximate surface area is 177 Å². The van der Waals surface area contributed by atoms with E-state index in [1.54, 1.807) is 41.1 Å². The fraction of sp³-hybridized carbons (Fsp3) is 0.0833. The molecule has 6 nitrogen and oxygen atoms in total. The minimum Gasteiger partial charge on any atom is -0.267 e. The monoisotopic (exact) mass is 412 g/mol. The summed E-state index contributed by atoms with van der Waals surface area (Å²) in [5.74, 6) is -1.26. The number of imide groups is 1. The summed E-state index contributed by atoms with van der Waals surface area (Å²) < 4.78 is 14.9. The quantitative estimate of drug-likeness (QED) is 0.370. The number of nitrogens with zero attached hydrogens (tertiary/aromatic N) is 4. The van der Waals surface area contributed by atoms with Crippen LogP contribution in [0.4, 0.5) is 4.39 Å². The molecule has 7 heteroatoms. The van der Waals surface area contributed by atoms with E-state index in [1.807, 2.05) is 26.0 Å². The molecule has 0 saturated heterocycles. The molecule has 0 spiro atoms. The van der Waals surface area contributed by atoms with E-state index in [4.69, 9.17) is 0 Å². The Kier molecular flexibility index (Phi) is 4.25. The van der Waals surface area contributed by atoms with Gasteiger partial charge in [-0.05, 0) is 55.6 Å². The van der Waals surface area contributed by atoms with Crippen molar-refractivity contribution in [1.29, 1.82) is 0 Å². The number of hydrogen-bond acceptors (Lipinski definition) is 4. The van der Waals surface area contributed by atoms with Crippen LogP contribution in [0.25, 0.3) is 16.5 Å². The van der Waals surface area contributed by atoms with Crippen molar-refractivity contribution in [2.75, 3.05) is 0 Å². The molecule has 1 aliphatic heterocycles. The summed E-state index contributed by atoms with van der Waals surface area (Å²) in [6, 6.07) is 16.7. The van der Waals surface area contributed by atoms with Gasteiger partial charge in [0, 0.05) is 10.9 Å². The summed E-state index contributed by atoms with van der Waals surface area (Å²) in [6.07, 6.45) is 1.47. The first-order valence-electron chi connectivity index (χ1n) is 9.72. The van der Waals surface area contributed by atoms with Crippen LogP contribution in [0.1, 0.15) is 37.7 Å². The molecule has 0 aliphatic carbocycles. The number of hydrogen-bond donors (Lipinski definition) is 0. The van der Waals surface area contributed by atoms with Crippen molar-refractivity contribution in [3.63, 3.8) is 0 Å². The summed E-state index contributed by atoms with van der Waals surface area (Å²) >= 11 is 0. The highest BCUT2D eigenvalue weighted by Crippen LogP contribution is 2.30. The number of carbonyl (C=O) groups excluding carboxylic acids is 2. The summed E-state index contributed by atoms with van der Waals surface area (Å²) in [5, 5.41) is 11.1. The Bertz CT molecular complexity index is 1350. The van der Waals surface area contributed by atoms with Crippen molar-refractivity contribution in [2.45, 2.75) is 13.8 Å². The maximum absolute atomic E-state index is 13.3. The summed E-state index contributed by atoms with van der Waals surface area (Å²) in [4.78, 5) is 26.0. The van der Waals surface area contributed by atoms with Crippen LogP contribution in [-0.4, -0.2) is 32.8 Å². The minimum absolute atomic E-state index is 0.329. The first-order valence-corrected chi connectivity index (χ1v) is 9.72. The average molecular weight is 412 g/mol. The Balaban J connectivity index is 1.54. The van der Waals surface area contributed by atoms with E-state index in [0.29, 0.717) is 33.5 Å². The number of aryl methyl sites for hydroxylation is 1. The molecule has 5 rings (SSSR count). The fourth-order valence-electron chi connectivity index (χ4n) is 3.91. The van der Waals surface area contributed by atoms with Gasteiger partial charge in [0.25, 0.3) is 11.8 Å². The van der Waals surface area contributed by atoms with E-state index >= 15 is 0 Å². The number of benzene rings is 3. The number of hydrazone groups is 1. The van der Waals surface area contributed by atoms with E-state index in [1.165, 1.54) is 18.3 Å². The topological polar surface area (TPSA) is 67.6 Å². The van der Waals surface area contributed by atoms with E-state index in [0.717, 1.165) is 16.1 Å². The molecule has 0 saturated carbocycles. The second-order valence-corrected chi connectivity index (χ2v) is 7.35. The third-order valence-electron chi connectivity index (χ3n) is 5.47. The van der Waals surface area contributed by atoms with Gasteiger partial charge in [0.15, 0.2) is 0 Å². The highest BCUT2D eigenvalue weighted by atomic mass is 19.1. The molecule has 0 radical (unpaired) electrons. The highest BCUT2D eigenvalue weighted by Gasteiger charge is 2.32. The van der Waals surface area contributed by atoms with Crippen molar-refractivity contribution in [2.24, 2.45) is 5.10 Å².